The Bertz CT molecular complexity index is 911. The summed E-state index contributed by atoms with van der Waals surface area (Å²) in [6.07, 6.45) is 0.793. The molecule has 0 saturated carbocycles. The Kier molecular flexibility index (Phi) is 5.93. The number of fused-ring (bicyclic) bond motifs is 1. The Balaban J connectivity index is 1.48. The van der Waals surface area contributed by atoms with Gasteiger partial charge in [-0.3, -0.25) is 9.59 Å². The Hall–Kier alpha value is -2.54. The molecule has 0 fully saturated rings. The van der Waals surface area contributed by atoms with E-state index in [-0.39, 0.29) is 30.6 Å². The monoisotopic (exact) mass is 446 g/mol. The molecule has 0 aromatic heterocycles. The zero-order valence-corrected chi connectivity index (χ0v) is 17.7. The molecule has 0 bridgehead atoms. The molecule has 148 valence electrons. The van der Waals surface area contributed by atoms with Crippen molar-refractivity contribution in [2.24, 2.45) is 0 Å². The summed E-state index contributed by atoms with van der Waals surface area (Å²) in [5.41, 5.74) is 2.41. The number of carbonyl (C=O) groups is 2. The topological polar surface area (TPSA) is 76.7 Å². The minimum absolute atomic E-state index is 0.131. The smallest absolute Gasteiger partial charge is 0.258 e. The molecule has 28 heavy (non-hydrogen) atoms. The van der Waals surface area contributed by atoms with Gasteiger partial charge in [0.25, 0.3) is 5.91 Å². The number of rotatable bonds is 6. The number of ether oxygens (including phenoxy) is 2. The van der Waals surface area contributed by atoms with E-state index in [1.165, 1.54) is 0 Å². The molecule has 0 atom stereocenters. The van der Waals surface area contributed by atoms with E-state index in [1.54, 1.807) is 12.1 Å². The number of nitrogens with one attached hydrogen (secondary N) is 2. The normalized spacial score (nSPS) is 14.0. The second-order valence-electron chi connectivity index (χ2n) is 7.36. The molecule has 2 aromatic rings. The molecular formula is C21H23BrN2O4. The molecule has 0 spiro atoms. The van der Waals surface area contributed by atoms with E-state index in [1.807, 2.05) is 45.0 Å². The van der Waals surface area contributed by atoms with Crippen LogP contribution in [0, 0.1) is 6.92 Å². The predicted octanol–water partition coefficient (Wildman–Crippen LogP) is 3.60. The van der Waals surface area contributed by atoms with E-state index < -0.39 is 0 Å². The quantitative estimate of drug-likeness (QED) is 0.710. The summed E-state index contributed by atoms with van der Waals surface area (Å²) in [5.74, 6) is 0.541. The highest BCUT2D eigenvalue weighted by molar-refractivity contribution is 9.10. The number of aryl methyl sites for hydroxylation is 1. The fourth-order valence-electron chi connectivity index (χ4n) is 3.04. The van der Waals surface area contributed by atoms with E-state index in [0.717, 1.165) is 22.0 Å². The second kappa shape index (κ2) is 8.22. The predicted molar refractivity (Wildman–Crippen MR) is 111 cm³/mol. The van der Waals surface area contributed by atoms with Crippen LogP contribution in [0.1, 0.15) is 25.0 Å². The van der Waals surface area contributed by atoms with Crippen molar-refractivity contribution in [2.45, 2.75) is 32.8 Å². The third kappa shape index (κ3) is 5.04. The molecule has 2 amide bonds. The van der Waals surface area contributed by atoms with Crippen LogP contribution in [0.4, 0.5) is 5.69 Å². The van der Waals surface area contributed by atoms with Gasteiger partial charge in [-0.1, -0.05) is 28.1 Å². The van der Waals surface area contributed by atoms with Gasteiger partial charge in [-0.15, -0.1) is 0 Å². The molecule has 3 rings (SSSR count). The molecule has 2 aromatic carbocycles. The number of anilines is 1. The van der Waals surface area contributed by atoms with E-state index in [0.29, 0.717) is 17.2 Å². The molecule has 1 heterocycles. The van der Waals surface area contributed by atoms with Gasteiger partial charge in [0.2, 0.25) is 5.91 Å². The number of benzene rings is 2. The lowest BCUT2D eigenvalue weighted by Gasteiger charge is -2.18. The van der Waals surface area contributed by atoms with Gasteiger partial charge in [-0.05, 0) is 50.6 Å². The van der Waals surface area contributed by atoms with Crippen LogP contribution < -0.4 is 20.1 Å². The first-order chi connectivity index (χ1) is 13.2. The Labute approximate surface area is 172 Å². The van der Waals surface area contributed by atoms with Crippen molar-refractivity contribution in [2.75, 3.05) is 18.5 Å². The lowest BCUT2D eigenvalue weighted by Crippen LogP contribution is -2.35. The van der Waals surface area contributed by atoms with Crippen LogP contribution in [-0.2, 0) is 16.0 Å². The van der Waals surface area contributed by atoms with Crippen LogP contribution in [0.3, 0.4) is 0 Å². The zero-order chi connectivity index (χ0) is 20.3. The minimum Gasteiger partial charge on any atom is -0.483 e. The van der Waals surface area contributed by atoms with Crippen molar-refractivity contribution >= 4 is 33.4 Å². The first-order valence-corrected chi connectivity index (χ1v) is 9.79. The van der Waals surface area contributed by atoms with Gasteiger partial charge in [0, 0.05) is 22.1 Å². The van der Waals surface area contributed by atoms with E-state index in [4.69, 9.17) is 9.47 Å². The van der Waals surface area contributed by atoms with Crippen LogP contribution in [0.5, 0.6) is 11.5 Å². The first-order valence-electron chi connectivity index (χ1n) is 9.00. The molecular weight excluding hydrogens is 424 g/mol. The molecule has 7 heteroatoms. The highest BCUT2D eigenvalue weighted by Gasteiger charge is 2.32. The fourth-order valence-corrected chi connectivity index (χ4v) is 3.51. The maximum absolute atomic E-state index is 12.1. The summed E-state index contributed by atoms with van der Waals surface area (Å²) < 4.78 is 12.5. The number of carbonyl (C=O) groups excluding carboxylic acids is 2. The van der Waals surface area contributed by atoms with Crippen LogP contribution in [-0.4, -0.2) is 30.6 Å². The minimum atomic E-state index is -0.377. The first kappa shape index (κ1) is 20.2. The number of hydrogen-bond donors (Lipinski definition) is 2. The number of amides is 2. The summed E-state index contributed by atoms with van der Waals surface area (Å²) in [5, 5.41) is 5.34. The number of hydrogen-bond acceptors (Lipinski definition) is 4. The lowest BCUT2D eigenvalue weighted by atomic mass is 10.0. The van der Waals surface area contributed by atoms with Gasteiger partial charge >= 0.3 is 0 Å². The van der Waals surface area contributed by atoms with E-state index >= 15 is 0 Å². The van der Waals surface area contributed by atoms with Gasteiger partial charge in [0.05, 0.1) is 6.54 Å². The largest absolute Gasteiger partial charge is 0.483 e. The maximum atomic E-state index is 12.1. The Morgan fingerprint density at radius 2 is 2.00 bits per heavy atom. The van der Waals surface area contributed by atoms with Gasteiger partial charge < -0.3 is 20.1 Å². The van der Waals surface area contributed by atoms with Gasteiger partial charge in [-0.25, -0.2) is 0 Å². The van der Waals surface area contributed by atoms with Crippen molar-refractivity contribution in [3.05, 3.63) is 52.0 Å². The summed E-state index contributed by atoms with van der Waals surface area (Å²) in [4.78, 5) is 24.1. The fraction of sp³-hybridized carbons (Fsp3) is 0.333. The zero-order valence-electron chi connectivity index (χ0n) is 16.1. The van der Waals surface area contributed by atoms with Crippen molar-refractivity contribution in [3.8, 4) is 11.5 Å². The number of para-hydroxylation sites is 1. The summed E-state index contributed by atoms with van der Waals surface area (Å²) in [6, 6.07) is 11.2. The highest BCUT2D eigenvalue weighted by atomic mass is 79.9. The van der Waals surface area contributed by atoms with Gasteiger partial charge in [-0.2, -0.15) is 0 Å². The van der Waals surface area contributed by atoms with Crippen LogP contribution in [0.15, 0.2) is 40.9 Å². The molecule has 0 unspecified atom stereocenters. The molecule has 0 radical (unpaired) electrons. The van der Waals surface area contributed by atoms with Crippen molar-refractivity contribution < 1.29 is 19.1 Å². The van der Waals surface area contributed by atoms with E-state index in [2.05, 4.69) is 26.6 Å². The third-order valence-electron chi connectivity index (χ3n) is 4.32. The van der Waals surface area contributed by atoms with Crippen LogP contribution in [0.2, 0.25) is 0 Å². The van der Waals surface area contributed by atoms with E-state index in [9.17, 15) is 9.59 Å². The van der Waals surface area contributed by atoms with Crippen LogP contribution >= 0.6 is 15.9 Å². The average Bonchev–Trinajstić information content (AvgIpc) is 2.95. The van der Waals surface area contributed by atoms with Crippen molar-refractivity contribution in [1.82, 2.24) is 5.32 Å². The molecule has 6 nitrogen and oxygen atoms in total. The number of halogens is 1. The standard InChI is InChI=1S/C21H23BrN2O4/c1-13-9-15(22)7-8-16(13)24-18(25)11-23-19(26)12-27-17-6-4-5-14-10-21(2,3)28-20(14)17/h4-9H,10-12H2,1-3H3,(H,23,26)(H,24,25). The molecule has 2 N–H and O–H groups in total. The molecule has 1 aliphatic rings. The lowest BCUT2D eigenvalue weighted by molar-refractivity contribution is -0.125. The summed E-state index contributed by atoms with van der Waals surface area (Å²) in [7, 11) is 0. The SMILES string of the molecule is Cc1cc(Br)ccc1NC(=O)CNC(=O)COc1cccc2c1OC(C)(C)C2. The summed E-state index contributed by atoms with van der Waals surface area (Å²) in [6.45, 7) is 5.60. The molecule has 0 saturated heterocycles. The molecule has 1 aliphatic heterocycles. The highest BCUT2D eigenvalue weighted by Crippen LogP contribution is 2.41. The van der Waals surface area contributed by atoms with Gasteiger partial charge in [0.1, 0.15) is 5.60 Å². The average molecular weight is 447 g/mol. The van der Waals surface area contributed by atoms with Gasteiger partial charge in [0.15, 0.2) is 18.1 Å². The summed E-state index contributed by atoms with van der Waals surface area (Å²) >= 11 is 3.38. The van der Waals surface area contributed by atoms with Crippen molar-refractivity contribution in [1.29, 1.82) is 0 Å². The Morgan fingerprint density at radius 3 is 2.75 bits per heavy atom. The Morgan fingerprint density at radius 1 is 1.21 bits per heavy atom. The third-order valence-corrected chi connectivity index (χ3v) is 4.82. The van der Waals surface area contributed by atoms with Crippen LogP contribution in [0.25, 0.3) is 0 Å². The molecule has 0 aliphatic carbocycles. The maximum Gasteiger partial charge on any atom is 0.258 e. The van der Waals surface area contributed by atoms with Crippen molar-refractivity contribution in [3.63, 3.8) is 0 Å². The second-order valence-corrected chi connectivity index (χ2v) is 8.27.